The average molecular weight is 331 g/mol. The van der Waals surface area contributed by atoms with Gasteiger partial charge in [-0.25, -0.2) is 4.39 Å². The van der Waals surface area contributed by atoms with Gasteiger partial charge in [-0.15, -0.1) is 12.4 Å². The van der Waals surface area contributed by atoms with Crippen molar-refractivity contribution in [1.82, 2.24) is 10.2 Å². The molecule has 22 heavy (non-hydrogen) atoms. The Labute approximate surface area is 139 Å². The average Bonchev–Trinajstić information content (AvgIpc) is 2.52. The molecule has 1 aromatic rings. The number of ether oxygens (including phenoxy) is 1. The van der Waals surface area contributed by atoms with Crippen LogP contribution in [-0.2, 0) is 0 Å². The van der Waals surface area contributed by atoms with Crippen LogP contribution in [0.15, 0.2) is 18.2 Å². The van der Waals surface area contributed by atoms with E-state index in [1.807, 2.05) is 6.07 Å². The zero-order valence-electron chi connectivity index (χ0n) is 13.6. The predicted molar refractivity (Wildman–Crippen MR) is 91.5 cm³/mol. The predicted octanol–water partition coefficient (Wildman–Crippen LogP) is 3.78. The van der Waals surface area contributed by atoms with Crippen molar-refractivity contribution in [3.63, 3.8) is 0 Å². The Balaban J connectivity index is 0.00000242. The number of nitrogens with zero attached hydrogens (tertiary/aromatic N) is 1. The van der Waals surface area contributed by atoms with Crippen LogP contribution in [-0.4, -0.2) is 38.2 Å². The quantitative estimate of drug-likeness (QED) is 0.770. The maximum absolute atomic E-state index is 14.0. The first-order chi connectivity index (χ1) is 10.3. The minimum Gasteiger partial charge on any atom is -0.494 e. The van der Waals surface area contributed by atoms with Crippen molar-refractivity contribution in [3.05, 3.63) is 29.6 Å². The van der Waals surface area contributed by atoms with E-state index in [0.717, 1.165) is 38.2 Å². The summed E-state index contributed by atoms with van der Waals surface area (Å²) in [6, 6.07) is 5.73. The van der Waals surface area contributed by atoms with E-state index in [-0.39, 0.29) is 18.2 Å². The van der Waals surface area contributed by atoms with Gasteiger partial charge in [0.2, 0.25) is 0 Å². The molecule has 0 radical (unpaired) electrons. The standard InChI is InChI=1S/C17H27FN2O.ClH/c1-3-4-5-6-16(20-11-9-19-10-12-20)14-7-8-17(21-2)15(18)13-14;/h7-8,13,16,19H,3-6,9-12H2,1-2H3;1H/t16-;/m1./s1. The van der Waals surface area contributed by atoms with Gasteiger partial charge >= 0.3 is 0 Å². The molecule has 1 heterocycles. The van der Waals surface area contributed by atoms with E-state index in [9.17, 15) is 4.39 Å². The van der Waals surface area contributed by atoms with Gasteiger partial charge in [-0.2, -0.15) is 0 Å². The van der Waals surface area contributed by atoms with Crippen LogP contribution in [0.2, 0.25) is 0 Å². The van der Waals surface area contributed by atoms with E-state index in [0.29, 0.717) is 11.8 Å². The van der Waals surface area contributed by atoms with Crippen LogP contribution in [0.3, 0.4) is 0 Å². The third-order valence-corrected chi connectivity index (χ3v) is 4.23. The number of piperazine rings is 1. The Morgan fingerprint density at radius 3 is 2.59 bits per heavy atom. The highest BCUT2D eigenvalue weighted by atomic mass is 35.5. The summed E-state index contributed by atoms with van der Waals surface area (Å²) in [7, 11) is 1.51. The van der Waals surface area contributed by atoms with Gasteiger partial charge in [-0.05, 0) is 24.1 Å². The van der Waals surface area contributed by atoms with Gasteiger partial charge in [0.25, 0.3) is 0 Å². The molecule has 1 fully saturated rings. The molecule has 1 N–H and O–H groups in total. The van der Waals surface area contributed by atoms with E-state index in [2.05, 4.69) is 17.1 Å². The van der Waals surface area contributed by atoms with Gasteiger partial charge in [0, 0.05) is 32.2 Å². The Bertz CT molecular complexity index is 439. The third-order valence-electron chi connectivity index (χ3n) is 4.23. The fraction of sp³-hybridized carbons (Fsp3) is 0.647. The minimum atomic E-state index is -0.259. The summed E-state index contributed by atoms with van der Waals surface area (Å²) in [6.45, 7) is 6.31. The van der Waals surface area contributed by atoms with Crippen LogP contribution in [0.5, 0.6) is 5.75 Å². The smallest absolute Gasteiger partial charge is 0.165 e. The number of hydrogen-bond acceptors (Lipinski definition) is 3. The second-order valence-corrected chi connectivity index (χ2v) is 5.69. The van der Waals surface area contributed by atoms with E-state index >= 15 is 0 Å². The van der Waals surface area contributed by atoms with Crippen LogP contribution in [0.1, 0.15) is 44.2 Å². The highest BCUT2D eigenvalue weighted by Gasteiger charge is 2.22. The molecule has 0 spiro atoms. The summed E-state index contributed by atoms with van der Waals surface area (Å²) in [5.41, 5.74) is 1.08. The fourth-order valence-corrected chi connectivity index (χ4v) is 3.03. The zero-order chi connectivity index (χ0) is 15.1. The van der Waals surface area contributed by atoms with Gasteiger partial charge in [0.05, 0.1) is 7.11 Å². The number of methoxy groups -OCH3 is 1. The first-order valence-electron chi connectivity index (χ1n) is 8.04. The minimum absolute atomic E-state index is 0. The molecule has 0 amide bonds. The SMILES string of the molecule is CCCCC[C@H](c1ccc(OC)c(F)c1)N1CCNCC1.Cl. The second kappa shape index (κ2) is 10.0. The first kappa shape index (κ1) is 19.2. The normalized spacial score (nSPS) is 16.9. The molecule has 0 aromatic heterocycles. The highest BCUT2D eigenvalue weighted by molar-refractivity contribution is 5.85. The van der Waals surface area contributed by atoms with Crippen molar-refractivity contribution in [2.75, 3.05) is 33.3 Å². The molecular weight excluding hydrogens is 303 g/mol. The molecule has 3 nitrogen and oxygen atoms in total. The molecule has 1 aliphatic heterocycles. The number of rotatable bonds is 7. The fourth-order valence-electron chi connectivity index (χ4n) is 3.03. The van der Waals surface area contributed by atoms with Gasteiger partial charge < -0.3 is 10.1 Å². The van der Waals surface area contributed by atoms with Crippen LogP contribution < -0.4 is 10.1 Å². The van der Waals surface area contributed by atoms with Crippen molar-refractivity contribution in [2.24, 2.45) is 0 Å². The summed E-state index contributed by atoms with van der Waals surface area (Å²) >= 11 is 0. The lowest BCUT2D eigenvalue weighted by molar-refractivity contribution is 0.162. The second-order valence-electron chi connectivity index (χ2n) is 5.69. The lowest BCUT2D eigenvalue weighted by atomic mass is 9.98. The summed E-state index contributed by atoms with van der Waals surface area (Å²) in [4.78, 5) is 2.48. The van der Waals surface area contributed by atoms with E-state index in [4.69, 9.17) is 4.74 Å². The Kier molecular flexibility index (Phi) is 8.76. The third kappa shape index (κ3) is 5.11. The van der Waals surface area contributed by atoms with Crippen LogP contribution >= 0.6 is 12.4 Å². The molecule has 1 aromatic carbocycles. The van der Waals surface area contributed by atoms with Crippen molar-refractivity contribution >= 4 is 12.4 Å². The number of hydrogen-bond donors (Lipinski definition) is 1. The number of nitrogens with one attached hydrogen (secondary N) is 1. The Morgan fingerprint density at radius 2 is 2.00 bits per heavy atom. The molecule has 5 heteroatoms. The number of benzene rings is 1. The molecule has 0 saturated carbocycles. The van der Waals surface area contributed by atoms with Crippen LogP contribution in [0.25, 0.3) is 0 Å². The zero-order valence-corrected chi connectivity index (χ0v) is 14.4. The van der Waals surface area contributed by atoms with E-state index in [1.54, 1.807) is 12.1 Å². The van der Waals surface area contributed by atoms with Crippen molar-refractivity contribution in [2.45, 2.75) is 38.6 Å². The summed E-state index contributed by atoms with van der Waals surface area (Å²) in [5.74, 6) is 0.0667. The Hall–Kier alpha value is -0.840. The largest absolute Gasteiger partial charge is 0.494 e. The molecule has 1 atom stereocenters. The summed E-state index contributed by atoms with van der Waals surface area (Å²) < 4.78 is 19.0. The van der Waals surface area contributed by atoms with E-state index < -0.39 is 0 Å². The molecule has 0 bridgehead atoms. The molecular formula is C17H28ClFN2O. The molecule has 1 saturated heterocycles. The number of halogens is 2. The van der Waals surface area contributed by atoms with Gasteiger partial charge in [-0.3, -0.25) is 4.90 Å². The van der Waals surface area contributed by atoms with Gasteiger partial charge in [-0.1, -0.05) is 32.3 Å². The maximum atomic E-state index is 14.0. The number of unbranched alkanes of at least 4 members (excludes halogenated alkanes) is 2. The van der Waals surface area contributed by atoms with Crippen molar-refractivity contribution in [1.29, 1.82) is 0 Å². The van der Waals surface area contributed by atoms with Crippen molar-refractivity contribution < 1.29 is 9.13 Å². The molecule has 126 valence electrons. The first-order valence-corrected chi connectivity index (χ1v) is 8.04. The molecule has 0 aliphatic carbocycles. The topological polar surface area (TPSA) is 24.5 Å². The van der Waals surface area contributed by atoms with Gasteiger partial charge in [0.1, 0.15) is 0 Å². The molecule has 2 rings (SSSR count). The maximum Gasteiger partial charge on any atom is 0.165 e. The molecule has 1 aliphatic rings. The lowest BCUT2D eigenvalue weighted by Crippen LogP contribution is -2.45. The summed E-state index contributed by atoms with van der Waals surface area (Å²) in [6.07, 6.45) is 4.74. The van der Waals surface area contributed by atoms with E-state index in [1.165, 1.54) is 26.4 Å². The van der Waals surface area contributed by atoms with Crippen molar-refractivity contribution in [3.8, 4) is 5.75 Å². The van der Waals surface area contributed by atoms with Crippen LogP contribution in [0.4, 0.5) is 4.39 Å². The van der Waals surface area contributed by atoms with Gasteiger partial charge in [0.15, 0.2) is 11.6 Å². The lowest BCUT2D eigenvalue weighted by Gasteiger charge is -2.35. The molecule has 0 unspecified atom stereocenters. The van der Waals surface area contributed by atoms with Crippen LogP contribution in [0, 0.1) is 5.82 Å². The Morgan fingerprint density at radius 1 is 1.27 bits per heavy atom. The monoisotopic (exact) mass is 330 g/mol. The highest BCUT2D eigenvalue weighted by Crippen LogP contribution is 2.30. The summed E-state index contributed by atoms with van der Waals surface area (Å²) in [5, 5.41) is 3.38.